The van der Waals surface area contributed by atoms with Crippen LogP contribution in [0.25, 0.3) is 11.4 Å². The van der Waals surface area contributed by atoms with Crippen LogP contribution < -0.4 is 4.74 Å². The molecule has 4 rings (SSSR count). The van der Waals surface area contributed by atoms with Gasteiger partial charge in [0.15, 0.2) is 5.76 Å². The van der Waals surface area contributed by atoms with Crippen molar-refractivity contribution in [2.24, 2.45) is 0 Å². The smallest absolute Gasteiger partial charge is 0.295 e. The Morgan fingerprint density at radius 2 is 1.97 bits per heavy atom. The van der Waals surface area contributed by atoms with E-state index in [1.165, 1.54) is 4.90 Å². The summed E-state index contributed by atoms with van der Waals surface area (Å²) in [6.07, 6.45) is 3.73. The first-order valence-electron chi connectivity index (χ1n) is 11.9. The van der Waals surface area contributed by atoms with Crippen LogP contribution in [0.1, 0.15) is 42.8 Å². The number of benzene rings is 1. The van der Waals surface area contributed by atoms with Crippen molar-refractivity contribution in [1.82, 2.24) is 19.2 Å². The quantitative estimate of drug-likeness (QED) is 0.219. The molecule has 3 aromatic rings. The van der Waals surface area contributed by atoms with Crippen LogP contribution in [0.2, 0.25) is 0 Å². The van der Waals surface area contributed by atoms with Crippen LogP contribution >= 0.6 is 0 Å². The number of carbonyl (C=O) groups excluding carboxylic acids is 2. The zero-order chi connectivity index (χ0) is 25.1. The number of hydrogen-bond donors (Lipinski definition) is 1. The van der Waals surface area contributed by atoms with Gasteiger partial charge in [-0.15, -0.1) is 0 Å². The predicted octanol–water partition coefficient (Wildman–Crippen LogP) is 3.80. The third kappa shape index (κ3) is 4.79. The highest BCUT2D eigenvalue weighted by Crippen LogP contribution is 2.40. The Bertz CT molecular complexity index is 1280. The van der Waals surface area contributed by atoms with Gasteiger partial charge in [-0.05, 0) is 57.3 Å². The lowest BCUT2D eigenvalue weighted by atomic mass is 9.96. The van der Waals surface area contributed by atoms with E-state index in [1.807, 2.05) is 61.5 Å². The van der Waals surface area contributed by atoms with Gasteiger partial charge in [-0.25, -0.2) is 4.98 Å². The third-order valence-electron chi connectivity index (χ3n) is 6.20. The zero-order valence-electron chi connectivity index (χ0n) is 20.7. The maximum atomic E-state index is 13.3. The minimum absolute atomic E-state index is 0.0632. The first-order valence-corrected chi connectivity index (χ1v) is 11.9. The van der Waals surface area contributed by atoms with E-state index in [9.17, 15) is 14.7 Å². The van der Waals surface area contributed by atoms with E-state index in [0.717, 1.165) is 12.8 Å². The first kappa shape index (κ1) is 24.5. The fourth-order valence-corrected chi connectivity index (χ4v) is 4.40. The third-order valence-corrected chi connectivity index (χ3v) is 6.20. The summed E-state index contributed by atoms with van der Waals surface area (Å²) in [7, 11) is 3.82. The highest BCUT2D eigenvalue weighted by molar-refractivity contribution is 6.46. The van der Waals surface area contributed by atoms with Crippen LogP contribution in [0.4, 0.5) is 0 Å². The maximum Gasteiger partial charge on any atom is 0.295 e. The van der Waals surface area contributed by atoms with Crippen LogP contribution in [-0.2, 0) is 9.59 Å². The molecule has 0 saturated carbocycles. The fraction of sp³-hybridized carbons (Fsp3) is 0.370. The normalized spacial score (nSPS) is 17.6. The van der Waals surface area contributed by atoms with Gasteiger partial charge in [-0.3, -0.25) is 14.0 Å². The minimum atomic E-state index is -0.738. The van der Waals surface area contributed by atoms with Crippen LogP contribution in [0.3, 0.4) is 0 Å². The number of likely N-dealkylation sites (N-methyl/N-ethyl adjacent to an activating group) is 1. The van der Waals surface area contributed by atoms with Crippen molar-refractivity contribution in [3.05, 3.63) is 71.2 Å². The van der Waals surface area contributed by atoms with Gasteiger partial charge in [0.1, 0.15) is 17.1 Å². The summed E-state index contributed by atoms with van der Waals surface area (Å²) in [6, 6.07) is 12.2. The molecule has 3 heterocycles. The van der Waals surface area contributed by atoms with E-state index in [4.69, 9.17) is 4.74 Å². The number of imidazole rings is 1. The van der Waals surface area contributed by atoms with Crippen molar-refractivity contribution in [2.75, 3.05) is 33.8 Å². The molecule has 2 aromatic heterocycles. The highest BCUT2D eigenvalue weighted by atomic mass is 16.5. The second kappa shape index (κ2) is 10.3. The molecule has 1 unspecified atom stereocenters. The number of nitrogens with zero attached hydrogens (tertiary/aromatic N) is 4. The SMILES string of the molecule is CCCCOc1cccc(C2C(=C(O)c3c(C)nc4ccccn34)C(=O)C(=O)N2CCN(C)C)c1. The molecule has 1 saturated heterocycles. The van der Waals surface area contributed by atoms with E-state index in [1.54, 1.807) is 17.5 Å². The number of hydrogen-bond acceptors (Lipinski definition) is 6. The Morgan fingerprint density at radius 1 is 1.17 bits per heavy atom. The van der Waals surface area contributed by atoms with Crippen molar-refractivity contribution in [3.8, 4) is 5.75 Å². The van der Waals surface area contributed by atoms with Crippen molar-refractivity contribution < 1.29 is 19.4 Å². The Balaban J connectivity index is 1.86. The molecule has 0 spiro atoms. The second-order valence-electron chi connectivity index (χ2n) is 9.04. The maximum absolute atomic E-state index is 13.3. The van der Waals surface area contributed by atoms with Gasteiger partial charge in [0.05, 0.1) is 23.9 Å². The number of amides is 1. The van der Waals surface area contributed by atoms with Crippen LogP contribution in [-0.4, -0.2) is 69.8 Å². The lowest BCUT2D eigenvalue weighted by molar-refractivity contribution is -0.140. The molecule has 0 aliphatic carbocycles. The van der Waals surface area contributed by atoms with E-state index < -0.39 is 17.7 Å². The van der Waals surface area contributed by atoms with E-state index in [-0.39, 0.29) is 11.3 Å². The molecular weight excluding hydrogens is 444 g/mol. The molecule has 1 atom stereocenters. The minimum Gasteiger partial charge on any atom is -0.505 e. The lowest BCUT2D eigenvalue weighted by Gasteiger charge is -2.27. The summed E-state index contributed by atoms with van der Waals surface area (Å²) < 4.78 is 7.62. The Kier molecular flexibility index (Phi) is 7.21. The van der Waals surface area contributed by atoms with E-state index in [0.29, 0.717) is 48.0 Å². The molecule has 1 aliphatic heterocycles. The number of unbranched alkanes of at least 4 members (excludes halogenated alkanes) is 1. The molecule has 1 aliphatic rings. The fourth-order valence-electron chi connectivity index (χ4n) is 4.40. The number of rotatable bonds is 9. The van der Waals surface area contributed by atoms with Gasteiger partial charge < -0.3 is 19.6 Å². The molecule has 0 radical (unpaired) electrons. The zero-order valence-corrected chi connectivity index (χ0v) is 20.7. The molecule has 1 fully saturated rings. The standard InChI is InChI=1S/C27H32N4O4/c1-5-6-16-35-20-11-9-10-19(17-20)24-22(26(33)27(34)31(24)15-14-29(3)4)25(32)23-18(2)28-21-12-7-8-13-30(21)23/h7-13,17,24,32H,5-6,14-16H2,1-4H3. The number of ether oxygens (including phenoxy) is 1. The Hall–Kier alpha value is -3.65. The van der Waals surface area contributed by atoms with Crippen LogP contribution in [0.15, 0.2) is 54.2 Å². The molecule has 8 nitrogen and oxygen atoms in total. The summed E-state index contributed by atoms with van der Waals surface area (Å²) in [5, 5.41) is 11.5. The summed E-state index contributed by atoms with van der Waals surface area (Å²) in [5.41, 5.74) is 2.41. The van der Waals surface area contributed by atoms with Crippen molar-refractivity contribution in [3.63, 3.8) is 0 Å². The summed E-state index contributed by atoms with van der Waals surface area (Å²) >= 11 is 0. The van der Waals surface area contributed by atoms with E-state index >= 15 is 0 Å². The Morgan fingerprint density at radius 3 is 2.71 bits per heavy atom. The summed E-state index contributed by atoms with van der Waals surface area (Å²) in [6.45, 7) is 5.38. The monoisotopic (exact) mass is 476 g/mol. The van der Waals surface area contributed by atoms with Gasteiger partial charge in [-0.2, -0.15) is 0 Å². The van der Waals surface area contributed by atoms with Gasteiger partial charge in [-0.1, -0.05) is 31.5 Å². The van der Waals surface area contributed by atoms with Crippen LogP contribution in [0.5, 0.6) is 5.75 Å². The number of aromatic nitrogens is 2. The first-order chi connectivity index (χ1) is 16.8. The number of likely N-dealkylation sites (tertiary alicyclic amines) is 1. The van der Waals surface area contributed by atoms with E-state index in [2.05, 4.69) is 11.9 Å². The number of carbonyl (C=O) groups is 2. The molecule has 1 aromatic carbocycles. The number of Topliss-reactive ketones (excluding diaryl/α,β-unsaturated/α-hetero) is 1. The van der Waals surface area contributed by atoms with Gasteiger partial charge in [0.25, 0.3) is 11.7 Å². The molecule has 0 bridgehead atoms. The number of fused-ring (bicyclic) bond motifs is 1. The number of aliphatic hydroxyl groups is 1. The number of ketones is 1. The van der Waals surface area contributed by atoms with Crippen molar-refractivity contribution in [2.45, 2.75) is 32.7 Å². The molecular formula is C27H32N4O4. The highest BCUT2D eigenvalue weighted by Gasteiger charge is 2.46. The van der Waals surface area contributed by atoms with Crippen molar-refractivity contribution in [1.29, 1.82) is 0 Å². The molecule has 184 valence electrons. The number of aliphatic hydroxyl groups excluding tert-OH is 1. The largest absolute Gasteiger partial charge is 0.505 e. The average Bonchev–Trinajstić information content (AvgIpc) is 3.30. The summed E-state index contributed by atoms with van der Waals surface area (Å²) in [4.78, 5) is 34.5. The molecule has 1 amide bonds. The van der Waals surface area contributed by atoms with Crippen molar-refractivity contribution >= 4 is 23.1 Å². The predicted molar refractivity (Wildman–Crippen MR) is 134 cm³/mol. The van der Waals surface area contributed by atoms with Crippen LogP contribution in [0, 0.1) is 6.92 Å². The van der Waals surface area contributed by atoms with Gasteiger partial charge in [0.2, 0.25) is 0 Å². The second-order valence-corrected chi connectivity index (χ2v) is 9.04. The Labute approximate surface area is 205 Å². The van der Waals surface area contributed by atoms with Gasteiger partial charge >= 0.3 is 0 Å². The topological polar surface area (TPSA) is 87.4 Å². The molecule has 35 heavy (non-hydrogen) atoms. The molecule has 1 N–H and O–H groups in total. The number of aryl methyl sites for hydroxylation is 1. The lowest BCUT2D eigenvalue weighted by Crippen LogP contribution is -2.35. The average molecular weight is 477 g/mol. The molecule has 8 heteroatoms. The van der Waals surface area contributed by atoms with Gasteiger partial charge in [0, 0.05) is 19.3 Å². The summed E-state index contributed by atoms with van der Waals surface area (Å²) in [5.74, 6) is -0.884. The number of pyridine rings is 1.